The van der Waals surface area contributed by atoms with Gasteiger partial charge in [0.25, 0.3) is 0 Å². The van der Waals surface area contributed by atoms with Gasteiger partial charge in [-0.25, -0.2) is 0 Å². The molecule has 0 saturated carbocycles. The first-order valence-electron chi connectivity index (χ1n) is 27.5. The number of esters is 3. The zero-order valence-corrected chi connectivity index (χ0v) is 42.1. The largest absolute Gasteiger partial charge is 0.462 e. The molecule has 0 aliphatic heterocycles. The highest BCUT2D eigenvalue weighted by molar-refractivity contribution is 5.71. The summed E-state index contributed by atoms with van der Waals surface area (Å²) < 4.78 is 16.8. The number of unbranched alkanes of at least 4 members (excludes halogenated alkanes) is 34. The summed E-state index contributed by atoms with van der Waals surface area (Å²) in [6, 6.07) is 0. The van der Waals surface area contributed by atoms with Crippen LogP contribution in [-0.2, 0) is 28.6 Å². The van der Waals surface area contributed by atoms with Gasteiger partial charge in [-0.3, -0.25) is 14.4 Å². The Balaban J connectivity index is 4.36. The number of carbonyl (C=O) groups is 3. The van der Waals surface area contributed by atoms with E-state index in [1.54, 1.807) is 0 Å². The van der Waals surface area contributed by atoms with Gasteiger partial charge in [0.05, 0.1) is 0 Å². The quantitative estimate of drug-likeness (QED) is 0.0199. The Labute approximate surface area is 391 Å². The van der Waals surface area contributed by atoms with E-state index in [0.717, 1.165) is 77.0 Å². The molecule has 1 atom stereocenters. The highest BCUT2D eigenvalue weighted by Crippen LogP contribution is 2.15. The van der Waals surface area contributed by atoms with Crippen LogP contribution in [0.25, 0.3) is 0 Å². The summed E-state index contributed by atoms with van der Waals surface area (Å²) in [6.45, 7) is 6.63. The first kappa shape index (κ1) is 60.6. The van der Waals surface area contributed by atoms with Crippen LogP contribution < -0.4 is 0 Å². The van der Waals surface area contributed by atoms with Gasteiger partial charge in [0.2, 0.25) is 0 Å². The van der Waals surface area contributed by atoms with E-state index in [0.29, 0.717) is 19.3 Å². The number of ether oxygens (including phenoxy) is 3. The first-order valence-corrected chi connectivity index (χ1v) is 27.5. The third-order valence-electron chi connectivity index (χ3n) is 12.1. The van der Waals surface area contributed by atoms with Crippen molar-refractivity contribution in [2.24, 2.45) is 0 Å². The number of hydrogen-bond donors (Lipinski definition) is 0. The third kappa shape index (κ3) is 50.5. The highest BCUT2D eigenvalue weighted by atomic mass is 16.6. The lowest BCUT2D eigenvalue weighted by molar-refractivity contribution is -0.167. The van der Waals surface area contributed by atoms with E-state index in [9.17, 15) is 14.4 Å². The number of allylic oxidation sites excluding steroid dienone is 6. The zero-order chi connectivity index (χ0) is 45.8. The molecule has 0 aliphatic rings. The van der Waals surface area contributed by atoms with Crippen molar-refractivity contribution in [1.82, 2.24) is 0 Å². The summed E-state index contributed by atoms with van der Waals surface area (Å²) in [5, 5.41) is 0. The lowest BCUT2D eigenvalue weighted by Gasteiger charge is -2.18. The van der Waals surface area contributed by atoms with Crippen LogP contribution in [0.2, 0.25) is 0 Å². The molecule has 0 aliphatic carbocycles. The second-order valence-corrected chi connectivity index (χ2v) is 18.5. The Morgan fingerprint density at radius 2 is 0.571 bits per heavy atom. The SMILES string of the molecule is CCCCCC/C=C\CCCCCCCCCC(=O)OC(COC(=O)CCCCCCC/C=C\C=C/CCCCCCCCC)COC(=O)CCCCCCCCCCCCCC. The number of hydrogen-bond acceptors (Lipinski definition) is 6. The molecule has 6 heteroatoms. The van der Waals surface area contributed by atoms with Gasteiger partial charge < -0.3 is 14.2 Å². The van der Waals surface area contributed by atoms with Crippen LogP contribution in [0.3, 0.4) is 0 Å². The molecule has 0 amide bonds. The average molecular weight is 885 g/mol. The van der Waals surface area contributed by atoms with E-state index >= 15 is 0 Å². The van der Waals surface area contributed by atoms with Gasteiger partial charge in [0, 0.05) is 19.3 Å². The molecule has 0 saturated heterocycles. The predicted octanol–water partition coefficient (Wildman–Crippen LogP) is 18.1. The van der Waals surface area contributed by atoms with Crippen molar-refractivity contribution in [3.05, 3.63) is 36.5 Å². The molecule has 0 bridgehead atoms. The van der Waals surface area contributed by atoms with Gasteiger partial charge >= 0.3 is 17.9 Å². The van der Waals surface area contributed by atoms with Gasteiger partial charge in [-0.1, -0.05) is 237 Å². The Bertz CT molecular complexity index is 1060. The Morgan fingerprint density at radius 3 is 0.905 bits per heavy atom. The number of rotatable bonds is 50. The van der Waals surface area contributed by atoms with Crippen LogP contribution in [0, 0.1) is 0 Å². The molecule has 0 aromatic heterocycles. The van der Waals surface area contributed by atoms with Crippen molar-refractivity contribution in [1.29, 1.82) is 0 Å². The standard InChI is InChI=1S/C57H104O6/c1-4-7-10-13-16-19-22-25-27-28-29-31-32-35-38-41-44-47-50-56(59)62-53-54(52-61-55(58)49-46-43-40-37-34-24-21-18-15-12-9-6-3)63-57(60)51-48-45-42-39-36-33-30-26-23-20-17-14-11-8-5-2/h20,23,27-29,31,54H,4-19,21-22,24-26,30,32-53H2,1-3H3/b23-20-,28-27-,31-29-. The molecule has 1 unspecified atom stereocenters. The minimum absolute atomic E-state index is 0.0758. The monoisotopic (exact) mass is 885 g/mol. The smallest absolute Gasteiger partial charge is 0.306 e. The minimum Gasteiger partial charge on any atom is -0.462 e. The van der Waals surface area contributed by atoms with Crippen molar-refractivity contribution in [3.8, 4) is 0 Å². The fourth-order valence-corrected chi connectivity index (χ4v) is 7.96. The van der Waals surface area contributed by atoms with Gasteiger partial charge in [-0.2, -0.15) is 0 Å². The summed E-state index contributed by atoms with van der Waals surface area (Å²) in [4.78, 5) is 38.0. The van der Waals surface area contributed by atoms with Crippen LogP contribution in [0.5, 0.6) is 0 Å². The van der Waals surface area contributed by atoms with Crippen molar-refractivity contribution >= 4 is 17.9 Å². The third-order valence-corrected chi connectivity index (χ3v) is 12.1. The van der Waals surface area contributed by atoms with Crippen LogP contribution in [0.1, 0.15) is 290 Å². The van der Waals surface area contributed by atoms with Gasteiger partial charge in [-0.05, 0) is 70.6 Å². The molecule has 0 heterocycles. The van der Waals surface area contributed by atoms with E-state index in [-0.39, 0.29) is 31.1 Å². The maximum Gasteiger partial charge on any atom is 0.306 e. The maximum atomic E-state index is 12.8. The first-order chi connectivity index (χ1) is 31.0. The van der Waals surface area contributed by atoms with E-state index in [1.165, 1.54) is 173 Å². The molecule has 0 fully saturated rings. The van der Waals surface area contributed by atoms with Crippen LogP contribution in [0.4, 0.5) is 0 Å². The van der Waals surface area contributed by atoms with E-state index in [1.807, 2.05) is 0 Å². The molecule has 0 spiro atoms. The topological polar surface area (TPSA) is 78.9 Å². The summed E-state index contributed by atoms with van der Waals surface area (Å²) >= 11 is 0. The molecule has 368 valence electrons. The summed E-state index contributed by atoms with van der Waals surface area (Å²) in [5.41, 5.74) is 0. The zero-order valence-electron chi connectivity index (χ0n) is 42.1. The molecule has 0 aromatic carbocycles. The molecule has 6 nitrogen and oxygen atoms in total. The van der Waals surface area contributed by atoms with E-state index in [2.05, 4.69) is 57.2 Å². The molecule has 0 N–H and O–H groups in total. The molecule has 0 rings (SSSR count). The fraction of sp³-hybridized carbons (Fsp3) is 0.842. The predicted molar refractivity (Wildman–Crippen MR) is 270 cm³/mol. The van der Waals surface area contributed by atoms with Crippen molar-refractivity contribution in [2.75, 3.05) is 13.2 Å². The van der Waals surface area contributed by atoms with Gasteiger partial charge in [0.1, 0.15) is 13.2 Å². The van der Waals surface area contributed by atoms with Crippen LogP contribution >= 0.6 is 0 Å². The molecular formula is C57H104O6. The average Bonchev–Trinajstić information content (AvgIpc) is 3.28. The highest BCUT2D eigenvalue weighted by Gasteiger charge is 2.19. The molecular weight excluding hydrogens is 781 g/mol. The van der Waals surface area contributed by atoms with E-state index < -0.39 is 6.10 Å². The summed E-state index contributed by atoms with van der Waals surface area (Å²) in [5.74, 6) is -0.883. The fourth-order valence-electron chi connectivity index (χ4n) is 7.96. The summed E-state index contributed by atoms with van der Waals surface area (Å²) in [6.07, 6.45) is 61.2. The summed E-state index contributed by atoms with van der Waals surface area (Å²) in [7, 11) is 0. The van der Waals surface area contributed by atoms with Crippen molar-refractivity contribution in [3.63, 3.8) is 0 Å². The number of carbonyl (C=O) groups excluding carboxylic acids is 3. The second kappa shape index (κ2) is 52.3. The maximum absolute atomic E-state index is 12.8. The van der Waals surface area contributed by atoms with E-state index in [4.69, 9.17) is 14.2 Å². The minimum atomic E-state index is -0.777. The Kier molecular flexibility index (Phi) is 50.3. The van der Waals surface area contributed by atoms with Crippen molar-refractivity contribution < 1.29 is 28.6 Å². The lowest BCUT2D eigenvalue weighted by atomic mass is 10.0. The Morgan fingerprint density at radius 1 is 0.317 bits per heavy atom. The second-order valence-electron chi connectivity index (χ2n) is 18.5. The molecule has 0 radical (unpaired) electrons. The van der Waals surface area contributed by atoms with Gasteiger partial charge in [0.15, 0.2) is 6.10 Å². The van der Waals surface area contributed by atoms with Crippen LogP contribution in [0.15, 0.2) is 36.5 Å². The Hall–Kier alpha value is -2.37. The van der Waals surface area contributed by atoms with Crippen LogP contribution in [-0.4, -0.2) is 37.2 Å². The normalized spacial score (nSPS) is 12.2. The molecule has 63 heavy (non-hydrogen) atoms. The lowest BCUT2D eigenvalue weighted by Crippen LogP contribution is -2.30. The van der Waals surface area contributed by atoms with Gasteiger partial charge in [-0.15, -0.1) is 0 Å². The molecule has 0 aromatic rings. The van der Waals surface area contributed by atoms with Crippen molar-refractivity contribution in [2.45, 2.75) is 297 Å².